The first-order chi connectivity index (χ1) is 9.03. The Hall–Kier alpha value is -0.950. The molecule has 2 rings (SSSR count). The van der Waals surface area contributed by atoms with Crippen LogP contribution in [-0.2, 0) is 21.2 Å². The molecule has 0 aromatic heterocycles. The molecule has 0 radical (unpaired) electrons. The van der Waals surface area contributed by atoms with Crippen LogP contribution < -0.4 is 4.72 Å². The first-order valence-corrected chi connectivity index (χ1v) is 7.78. The van der Waals surface area contributed by atoms with Crippen LogP contribution in [-0.4, -0.2) is 39.4 Å². The van der Waals surface area contributed by atoms with Gasteiger partial charge in [0.2, 0.25) is 10.0 Å². The zero-order chi connectivity index (χ0) is 13.9. The lowest BCUT2D eigenvalue weighted by Gasteiger charge is -2.14. The molecule has 1 aromatic rings. The molecule has 0 bridgehead atoms. The normalized spacial score (nSPS) is 17.4. The first kappa shape index (κ1) is 14.5. The summed E-state index contributed by atoms with van der Waals surface area (Å²) in [5, 5.41) is 9.75. The summed E-state index contributed by atoms with van der Waals surface area (Å²) in [5.74, 6) is 0. The lowest BCUT2D eigenvalue weighted by molar-refractivity contribution is 0.0646. The van der Waals surface area contributed by atoms with E-state index in [-0.39, 0.29) is 24.0 Å². The minimum atomic E-state index is -3.49. The van der Waals surface area contributed by atoms with Crippen LogP contribution in [0.25, 0.3) is 0 Å². The maximum Gasteiger partial charge on any atom is 0.241 e. The van der Waals surface area contributed by atoms with Gasteiger partial charge in [-0.3, -0.25) is 0 Å². The molecule has 0 heterocycles. The van der Waals surface area contributed by atoms with Crippen LogP contribution in [0.3, 0.4) is 0 Å². The quantitative estimate of drug-likeness (QED) is 0.772. The summed E-state index contributed by atoms with van der Waals surface area (Å²) in [4.78, 5) is 0.247. The smallest absolute Gasteiger partial charge is 0.241 e. The second-order valence-electron chi connectivity index (χ2n) is 4.82. The minimum Gasteiger partial charge on any atom is -0.390 e. The lowest BCUT2D eigenvalue weighted by Crippen LogP contribution is -2.27. The predicted octanol–water partition coefficient (Wildman–Crippen LogP) is 0.677. The van der Waals surface area contributed by atoms with Crippen molar-refractivity contribution in [3.8, 4) is 0 Å². The maximum absolute atomic E-state index is 12.2. The molecule has 1 aliphatic rings. The number of hydrogen-bond donors (Lipinski definition) is 2. The van der Waals surface area contributed by atoms with E-state index in [1.54, 1.807) is 24.3 Å². The number of aliphatic hydroxyl groups is 1. The van der Waals surface area contributed by atoms with Gasteiger partial charge in [0, 0.05) is 19.6 Å². The van der Waals surface area contributed by atoms with Gasteiger partial charge in [0.15, 0.2) is 0 Å². The van der Waals surface area contributed by atoms with E-state index in [2.05, 4.69) is 4.72 Å². The minimum absolute atomic E-state index is 0.0713. The zero-order valence-electron chi connectivity index (χ0n) is 10.9. The van der Waals surface area contributed by atoms with Crippen LogP contribution in [0.15, 0.2) is 29.2 Å². The van der Waals surface area contributed by atoms with Crippen LogP contribution in [0.2, 0.25) is 0 Å². The summed E-state index contributed by atoms with van der Waals surface area (Å²) in [5.41, 5.74) is 0.611. The number of ether oxygens (including phenoxy) is 1. The molecule has 2 N–H and O–H groups in total. The Labute approximate surface area is 113 Å². The average Bonchev–Trinajstić information content (AvgIpc) is 3.13. The first-order valence-electron chi connectivity index (χ1n) is 6.30. The average molecular weight is 285 g/mol. The highest BCUT2D eigenvalue weighted by Gasteiger charge is 2.29. The monoisotopic (exact) mass is 285 g/mol. The summed E-state index contributed by atoms with van der Waals surface area (Å²) in [6, 6.07) is 6.82. The number of benzene rings is 1. The van der Waals surface area contributed by atoms with Gasteiger partial charge in [-0.2, -0.15) is 0 Å². The third-order valence-corrected chi connectivity index (χ3v) is 4.60. The van der Waals surface area contributed by atoms with Crippen LogP contribution in [0.4, 0.5) is 0 Å². The number of nitrogens with one attached hydrogen (secondary N) is 1. The van der Waals surface area contributed by atoms with Crippen molar-refractivity contribution in [2.45, 2.75) is 36.3 Å². The van der Waals surface area contributed by atoms with Gasteiger partial charge < -0.3 is 9.84 Å². The molecule has 1 atom stereocenters. The van der Waals surface area contributed by atoms with Gasteiger partial charge >= 0.3 is 0 Å². The summed E-state index contributed by atoms with van der Waals surface area (Å²) in [6.45, 7) is 0.185. The molecular weight excluding hydrogens is 266 g/mol. The van der Waals surface area contributed by atoms with Crippen LogP contribution in [0, 0.1) is 0 Å². The maximum atomic E-state index is 12.2. The molecule has 6 heteroatoms. The van der Waals surface area contributed by atoms with Crippen molar-refractivity contribution < 1.29 is 18.3 Å². The third-order valence-electron chi connectivity index (χ3n) is 2.98. The SMILES string of the molecule is COCC(O)Cc1ccccc1S(=O)(=O)NC1CC1. The van der Waals surface area contributed by atoms with Crippen molar-refractivity contribution >= 4 is 10.0 Å². The van der Waals surface area contributed by atoms with E-state index in [0.717, 1.165) is 12.8 Å². The zero-order valence-corrected chi connectivity index (χ0v) is 11.7. The molecule has 19 heavy (non-hydrogen) atoms. The number of hydrogen-bond acceptors (Lipinski definition) is 4. The largest absolute Gasteiger partial charge is 0.390 e. The molecule has 106 valence electrons. The molecular formula is C13H19NO4S. The van der Waals surface area contributed by atoms with Crippen molar-refractivity contribution in [2.24, 2.45) is 0 Å². The standard InChI is InChI=1S/C13H19NO4S/c1-18-9-12(15)8-10-4-2-3-5-13(10)19(16,17)14-11-6-7-11/h2-5,11-12,14-15H,6-9H2,1H3. The fourth-order valence-corrected chi connectivity index (χ4v) is 3.48. The van der Waals surface area contributed by atoms with Gasteiger partial charge in [-0.05, 0) is 24.5 Å². The van der Waals surface area contributed by atoms with Gasteiger partial charge in [-0.15, -0.1) is 0 Å². The number of sulfonamides is 1. The Morgan fingerprint density at radius 1 is 1.42 bits per heavy atom. The summed E-state index contributed by atoms with van der Waals surface area (Å²) >= 11 is 0. The molecule has 1 aromatic carbocycles. The van der Waals surface area contributed by atoms with Gasteiger partial charge in [-0.25, -0.2) is 13.1 Å². The second-order valence-corrected chi connectivity index (χ2v) is 6.50. The van der Waals surface area contributed by atoms with E-state index in [9.17, 15) is 13.5 Å². The highest BCUT2D eigenvalue weighted by molar-refractivity contribution is 7.89. The Morgan fingerprint density at radius 2 is 2.11 bits per heavy atom. The fourth-order valence-electron chi connectivity index (χ4n) is 1.92. The molecule has 1 unspecified atom stereocenters. The molecule has 1 fully saturated rings. The Morgan fingerprint density at radius 3 is 2.74 bits per heavy atom. The van der Waals surface area contributed by atoms with E-state index in [1.807, 2.05) is 0 Å². The molecule has 0 aliphatic heterocycles. The van der Waals surface area contributed by atoms with E-state index in [4.69, 9.17) is 4.74 Å². The molecule has 0 amide bonds. The molecule has 1 aliphatic carbocycles. The van der Waals surface area contributed by atoms with Crippen LogP contribution in [0.5, 0.6) is 0 Å². The highest BCUT2D eigenvalue weighted by Crippen LogP contribution is 2.24. The van der Waals surface area contributed by atoms with Crippen molar-refractivity contribution in [1.82, 2.24) is 4.72 Å². The lowest BCUT2D eigenvalue weighted by atomic mass is 10.1. The van der Waals surface area contributed by atoms with Gasteiger partial charge in [0.25, 0.3) is 0 Å². The Bertz CT molecular complexity index is 525. The van der Waals surface area contributed by atoms with Gasteiger partial charge in [0.05, 0.1) is 17.6 Å². The van der Waals surface area contributed by atoms with E-state index in [1.165, 1.54) is 7.11 Å². The van der Waals surface area contributed by atoms with Gasteiger partial charge in [0.1, 0.15) is 0 Å². The number of rotatable bonds is 7. The van der Waals surface area contributed by atoms with Gasteiger partial charge in [-0.1, -0.05) is 18.2 Å². The molecule has 1 saturated carbocycles. The van der Waals surface area contributed by atoms with Crippen LogP contribution >= 0.6 is 0 Å². The van der Waals surface area contributed by atoms with Crippen LogP contribution in [0.1, 0.15) is 18.4 Å². The second kappa shape index (κ2) is 6.00. The molecule has 0 saturated heterocycles. The topological polar surface area (TPSA) is 75.6 Å². The Balaban J connectivity index is 2.19. The number of methoxy groups -OCH3 is 1. The Kier molecular flexibility index (Phi) is 4.57. The van der Waals surface area contributed by atoms with Crippen molar-refractivity contribution in [3.05, 3.63) is 29.8 Å². The van der Waals surface area contributed by atoms with Crippen molar-refractivity contribution in [2.75, 3.05) is 13.7 Å². The van der Waals surface area contributed by atoms with E-state index >= 15 is 0 Å². The fraction of sp³-hybridized carbons (Fsp3) is 0.538. The predicted molar refractivity (Wildman–Crippen MR) is 71.4 cm³/mol. The summed E-state index contributed by atoms with van der Waals surface area (Å²) < 4.78 is 31.9. The summed E-state index contributed by atoms with van der Waals surface area (Å²) in [6.07, 6.45) is 1.35. The molecule has 0 spiro atoms. The third kappa shape index (κ3) is 4.01. The summed E-state index contributed by atoms with van der Waals surface area (Å²) in [7, 11) is -1.99. The van der Waals surface area contributed by atoms with Crippen molar-refractivity contribution in [1.29, 1.82) is 0 Å². The number of aliphatic hydroxyl groups excluding tert-OH is 1. The molecule has 5 nitrogen and oxygen atoms in total. The van der Waals surface area contributed by atoms with E-state index in [0.29, 0.717) is 5.56 Å². The highest BCUT2D eigenvalue weighted by atomic mass is 32.2. The van der Waals surface area contributed by atoms with E-state index < -0.39 is 16.1 Å². The van der Waals surface area contributed by atoms with Crippen molar-refractivity contribution in [3.63, 3.8) is 0 Å².